The standard InChI is InChI=1S/C29H30FNO3/c1-19-23(12-13-31-18-20-8-6-5-7-9-20)26-17-22(30)10-11-24(26)25(19)14-21-15-27(32-2)29(34-4)28(16-21)33-3/h5-11,14-17,31H,12-13,18H2,1-4H3. The van der Waals surface area contributed by atoms with Crippen molar-refractivity contribution in [2.45, 2.75) is 19.9 Å². The molecule has 0 aliphatic heterocycles. The molecule has 3 aromatic rings. The molecule has 0 heterocycles. The summed E-state index contributed by atoms with van der Waals surface area (Å²) in [7, 11) is 4.80. The van der Waals surface area contributed by atoms with Crippen molar-refractivity contribution >= 4 is 17.2 Å². The Labute approximate surface area is 200 Å². The van der Waals surface area contributed by atoms with Gasteiger partial charge < -0.3 is 19.5 Å². The molecule has 0 aromatic heterocycles. The number of rotatable bonds is 9. The molecule has 0 saturated carbocycles. The zero-order valence-corrected chi connectivity index (χ0v) is 20.1. The molecule has 3 aromatic carbocycles. The third-order valence-corrected chi connectivity index (χ3v) is 6.18. The highest BCUT2D eigenvalue weighted by atomic mass is 19.1. The van der Waals surface area contributed by atoms with Crippen LogP contribution in [0.25, 0.3) is 17.2 Å². The van der Waals surface area contributed by atoms with Gasteiger partial charge in [0.2, 0.25) is 5.75 Å². The first-order valence-electron chi connectivity index (χ1n) is 11.3. The molecule has 0 spiro atoms. The van der Waals surface area contributed by atoms with Crippen LogP contribution in [0.4, 0.5) is 4.39 Å². The summed E-state index contributed by atoms with van der Waals surface area (Å²) in [5, 5.41) is 3.51. The number of ether oxygens (including phenoxy) is 3. The van der Waals surface area contributed by atoms with Crippen LogP contribution in [0.15, 0.2) is 66.2 Å². The molecule has 34 heavy (non-hydrogen) atoms. The van der Waals surface area contributed by atoms with E-state index in [1.54, 1.807) is 27.4 Å². The number of nitrogens with one attached hydrogen (secondary N) is 1. The molecule has 1 N–H and O–H groups in total. The Morgan fingerprint density at radius 3 is 2.21 bits per heavy atom. The fraction of sp³-hybridized carbons (Fsp3) is 0.241. The van der Waals surface area contributed by atoms with Crippen LogP contribution >= 0.6 is 0 Å². The van der Waals surface area contributed by atoms with Crippen molar-refractivity contribution < 1.29 is 18.6 Å². The van der Waals surface area contributed by atoms with E-state index in [2.05, 4.69) is 30.4 Å². The highest BCUT2D eigenvalue weighted by Crippen LogP contribution is 2.45. The molecule has 5 heteroatoms. The molecular formula is C29H30FNO3. The quantitative estimate of drug-likeness (QED) is 0.378. The maximum atomic E-state index is 14.2. The number of fused-ring (bicyclic) bond motifs is 1. The monoisotopic (exact) mass is 459 g/mol. The van der Waals surface area contributed by atoms with Gasteiger partial charge in [-0.25, -0.2) is 4.39 Å². The van der Waals surface area contributed by atoms with Gasteiger partial charge in [0.05, 0.1) is 21.3 Å². The number of allylic oxidation sites excluding steroid dienone is 2. The maximum Gasteiger partial charge on any atom is 0.203 e. The Morgan fingerprint density at radius 2 is 1.56 bits per heavy atom. The van der Waals surface area contributed by atoms with Crippen LogP contribution < -0.4 is 19.5 Å². The van der Waals surface area contributed by atoms with Crippen molar-refractivity contribution in [2.75, 3.05) is 27.9 Å². The molecule has 1 aliphatic rings. The van der Waals surface area contributed by atoms with E-state index in [0.29, 0.717) is 17.2 Å². The summed E-state index contributed by atoms with van der Waals surface area (Å²) in [4.78, 5) is 0. The summed E-state index contributed by atoms with van der Waals surface area (Å²) in [6, 6.07) is 19.2. The summed E-state index contributed by atoms with van der Waals surface area (Å²) in [5.74, 6) is 1.52. The Bertz CT molecular complexity index is 1210. The predicted octanol–water partition coefficient (Wildman–Crippen LogP) is 6.36. The molecule has 4 nitrogen and oxygen atoms in total. The molecule has 0 atom stereocenters. The molecule has 0 fully saturated rings. The van der Waals surface area contributed by atoms with Crippen molar-refractivity contribution in [3.63, 3.8) is 0 Å². The first kappa shape index (κ1) is 23.6. The van der Waals surface area contributed by atoms with Gasteiger partial charge in [-0.15, -0.1) is 0 Å². The number of benzene rings is 3. The van der Waals surface area contributed by atoms with E-state index in [4.69, 9.17) is 14.2 Å². The lowest BCUT2D eigenvalue weighted by Gasteiger charge is -2.13. The van der Waals surface area contributed by atoms with Gasteiger partial charge in [-0.1, -0.05) is 36.4 Å². The molecule has 0 radical (unpaired) electrons. The smallest absolute Gasteiger partial charge is 0.203 e. The Morgan fingerprint density at radius 1 is 0.853 bits per heavy atom. The molecule has 0 amide bonds. The van der Waals surface area contributed by atoms with Gasteiger partial charge in [0.15, 0.2) is 11.5 Å². The molecule has 176 valence electrons. The van der Waals surface area contributed by atoms with E-state index in [1.165, 1.54) is 11.6 Å². The fourth-order valence-corrected chi connectivity index (χ4v) is 4.47. The average Bonchev–Trinajstić information content (AvgIpc) is 3.11. The van der Waals surface area contributed by atoms with Gasteiger partial charge >= 0.3 is 0 Å². The second-order valence-electron chi connectivity index (χ2n) is 8.22. The Hall–Kier alpha value is -3.57. The zero-order valence-electron chi connectivity index (χ0n) is 20.1. The second-order valence-corrected chi connectivity index (χ2v) is 8.22. The third kappa shape index (κ3) is 4.85. The van der Waals surface area contributed by atoms with Crippen LogP contribution in [0.3, 0.4) is 0 Å². The van der Waals surface area contributed by atoms with Crippen LogP contribution in [-0.2, 0) is 6.54 Å². The Kier molecular flexibility index (Phi) is 7.33. The molecule has 1 aliphatic carbocycles. The number of hydrogen-bond acceptors (Lipinski definition) is 4. The lowest BCUT2D eigenvalue weighted by molar-refractivity contribution is 0.324. The molecule has 0 bridgehead atoms. The summed E-state index contributed by atoms with van der Waals surface area (Å²) in [6.45, 7) is 3.71. The first-order chi connectivity index (χ1) is 16.5. The van der Waals surface area contributed by atoms with Gasteiger partial charge in [-0.05, 0) is 89.2 Å². The lowest BCUT2D eigenvalue weighted by atomic mass is 10.00. The largest absolute Gasteiger partial charge is 0.493 e. The van der Waals surface area contributed by atoms with E-state index in [9.17, 15) is 4.39 Å². The molecule has 4 rings (SSSR count). The summed E-state index contributed by atoms with van der Waals surface area (Å²) in [5.41, 5.74) is 7.53. The van der Waals surface area contributed by atoms with E-state index in [-0.39, 0.29) is 5.82 Å². The van der Waals surface area contributed by atoms with Gasteiger partial charge in [-0.2, -0.15) is 0 Å². The van der Waals surface area contributed by atoms with Crippen LogP contribution in [0.2, 0.25) is 0 Å². The molecular weight excluding hydrogens is 429 g/mol. The van der Waals surface area contributed by atoms with Gasteiger partial charge in [0.25, 0.3) is 0 Å². The van der Waals surface area contributed by atoms with Crippen molar-refractivity contribution in [3.05, 3.63) is 94.3 Å². The van der Waals surface area contributed by atoms with Crippen molar-refractivity contribution in [1.29, 1.82) is 0 Å². The summed E-state index contributed by atoms with van der Waals surface area (Å²) < 4.78 is 30.7. The minimum atomic E-state index is -0.227. The van der Waals surface area contributed by atoms with Gasteiger partial charge in [-0.3, -0.25) is 0 Å². The van der Waals surface area contributed by atoms with Crippen molar-refractivity contribution in [2.24, 2.45) is 0 Å². The van der Waals surface area contributed by atoms with E-state index in [1.807, 2.05) is 36.4 Å². The minimum Gasteiger partial charge on any atom is -0.493 e. The normalized spacial score (nSPS) is 13.9. The summed E-state index contributed by atoms with van der Waals surface area (Å²) >= 11 is 0. The number of halogens is 1. The molecule has 0 unspecified atom stereocenters. The van der Waals surface area contributed by atoms with Crippen LogP contribution in [0.1, 0.15) is 35.6 Å². The average molecular weight is 460 g/mol. The predicted molar refractivity (Wildman–Crippen MR) is 136 cm³/mol. The third-order valence-electron chi connectivity index (χ3n) is 6.18. The maximum absolute atomic E-state index is 14.2. The highest BCUT2D eigenvalue weighted by Gasteiger charge is 2.24. The first-order valence-corrected chi connectivity index (χ1v) is 11.3. The van der Waals surface area contributed by atoms with Crippen LogP contribution in [-0.4, -0.2) is 27.9 Å². The van der Waals surface area contributed by atoms with E-state index < -0.39 is 0 Å². The number of methoxy groups -OCH3 is 3. The van der Waals surface area contributed by atoms with Gasteiger partial charge in [0, 0.05) is 6.54 Å². The van der Waals surface area contributed by atoms with E-state index >= 15 is 0 Å². The van der Waals surface area contributed by atoms with Crippen molar-refractivity contribution in [1.82, 2.24) is 5.32 Å². The van der Waals surface area contributed by atoms with E-state index in [0.717, 1.165) is 52.9 Å². The second kappa shape index (κ2) is 10.6. The molecule has 0 saturated heterocycles. The minimum absolute atomic E-state index is 0.227. The fourth-order valence-electron chi connectivity index (χ4n) is 4.47. The highest BCUT2D eigenvalue weighted by molar-refractivity contribution is 6.05. The van der Waals surface area contributed by atoms with Crippen LogP contribution in [0.5, 0.6) is 17.2 Å². The van der Waals surface area contributed by atoms with Crippen molar-refractivity contribution in [3.8, 4) is 17.2 Å². The number of hydrogen-bond donors (Lipinski definition) is 1. The summed E-state index contributed by atoms with van der Waals surface area (Å²) in [6.07, 6.45) is 2.91. The zero-order chi connectivity index (χ0) is 24.1. The lowest BCUT2D eigenvalue weighted by Crippen LogP contribution is -2.15. The SMILES string of the molecule is COc1cc(C=C2C(C)=C(CCNCc3ccccc3)c3cc(F)ccc32)cc(OC)c1OC. The topological polar surface area (TPSA) is 39.7 Å². The van der Waals surface area contributed by atoms with Crippen LogP contribution in [0, 0.1) is 5.82 Å². The van der Waals surface area contributed by atoms with Gasteiger partial charge in [0.1, 0.15) is 5.82 Å². The Balaban J connectivity index is 1.65.